The third-order valence-corrected chi connectivity index (χ3v) is 2.58. The maximum atomic E-state index is 11.5. The SMILES string of the molecule is C=CC.C=CC(=C)C.CC.CC(C)CNC[C@@H](O)[C@H](C)NC(=O)OC(C)(C)C. The highest BCUT2D eigenvalue weighted by Crippen LogP contribution is 2.07. The largest absolute Gasteiger partial charge is 0.444 e. The number of nitrogens with one attached hydrogen (secondary N) is 2. The fourth-order valence-corrected chi connectivity index (χ4v) is 1.29. The number of alkyl carbamates (subject to hydrolysis) is 1. The number of aliphatic hydroxyl groups is 1. The van der Waals surface area contributed by atoms with E-state index in [0.717, 1.165) is 12.1 Å². The molecule has 5 heteroatoms. The molecule has 0 saturated carbocycles. The van der Waals surface area contributed by atoms with Gasteiger partial charge in [0.15, 0.2) is 0 Å². The first-order chi connectivity index (χ1) is 12.8. The summed E-state index contributed by atoms with van der Waals surface area (Å²) in [5, 5.41) is 15.6. The predicted molar refractivity (Wildman–Crippen MR) is 125 cm³/mol. The van der Waals surface area contributed by atoms with Gasteiger partial charge in [-0.25, -0.2) is 4.79 Å². The topological polar surface area (TPSA) is 70.6 Å². The van der Waals surface area contributed by atoms with Gasteiger partial charge in [0.05, 0.1) is 12.1 Å². The van der Waals surface area contributed by atoms with Crippen LogP contribution in [0.15, 0.2) is 37.5 Å². The molecule has 0 aliphatic heterocycles. The fourth-order valence-electron chi connectivity index (χ4n) is 1.29. The Morgan fingerprint density at radius 2 is 1.54 bits per heavy atom. The lowest BCUT2D eigenvalue weighted by molar-refractivity contribution is 0.0436. The van der Waals surface area contributed by atoms with E-state index in [4.69, 9.17) is 4.74 Å². The maximum Gasteiger partial charge on any atom is 0.407 e. The molecule has 0 unspecified atom stereocenters. The van der Waals surface area contributed by atoms with E-state index in [1.165, 1.54) is 0 Å². The molecule has 0 aliphatic rings. The van der Waals surface area contributed by atoms with Crippen LogP contribution in [0.3, 0.4) is 0 Å². The summed E-state index contributed by atoms with van der Waals surface area (Å²) in [6.45, 7) is 30.8. The number of ether oxygens (including phenoxy) is 1. The number of carbonyl (C=O) groups excluding carboxylic acids is 1. The van der Waals surface area contributed by atoms with Crippen molar-refractivity contribution in [2.45, 2.75) is 87.0 Å². The van der Waals surface area contributed by atoms with Crippen molar-refractivity contribution < 1.29 is 14.6 Å². The molecule has 0 heterocycles. The first kappa shape index (κ1) is 34.0. The molecule has 1 amide bonds. The van der Waals surface area contributed by atoms with E-state index in [2.05, 4.69) is 44.2 Å². The van der Waals surface area contributed by atoms with Gasteiger partial charge in [0.2, 0.25) is 0 Å². The quantitative estimate of drug-likeness (QED) is 0.391. The zero-order valence-corrected chi connectivity index (χ0v) is 20.2. The van der Waals surface area contributed by atoms with Gasteiger partial charge in [-0.2, -0.15) is 0 Å². The highest BCUT2D eigenvalue weighted by atomic mass is 16.6. The Balaban J connectivity index is -0.000000239. The van der Waals surface area contributed by atoms with E-state index < -0.39 is 17.8 Å². The van der Waals surface area contributed by atoms with Crippen molar-refractivity contribution in [1.29, 1.82) is 0 Å². The molecule has 0 aliphatic carbocycles. The van der Waals surface area contributed by atoms with E-state index in [9.17, 15) is 9.90 Å². The first-order valence-corrected chi connectivity index (χ1v) is 10.0. The van der Waals surface area contributed by atoms with Gasteiger partial charge in [-0.05, 0) is 54.0 Å². The molecule has 0 saturated heterocycles. The average Bonchev–Trinajstić information content (AvgIpc) is 2.55. The van der Waals surface area contributed by atoms with Crippen molar-refractivity contribution in [3.05, 3.63) is 37.5 Å². The summed E-state index contributed by atoms with van der Waals surface area (Å²) in [6.07, 6.45) is 2.34. The zero-order valence-electron chi connectivity index (χ0n) is 20.2. The molecular weight excluding hydrogens is 352 g/mol. The van der Waals surface area contributed by atoms with Gasteiger partial charge in [0.25, 0.3) is 0 Å². The van der Waals surface area contributed by atoms with Crippen LogP contribution in [0, 0.1) is 5.92 Å². The van der Waals surface area contributed by atoms with Gasteiger partial charge in [-0.3, -0.25) is 0 Å². The van der Waals surface area contributed by atoms with Crippen LogP contribution in [-0.4, -0.2) is 42.0 Å². The summed E-state index contributed by atoms with van der Waals surface area (Å²) in [4.78, 5) is 11.5. The van der Waals surface area contributed by atoms with Crippen molar-refractivity contribution in [3.8, 4) is 0 Å². The molecule has 28 heavy (non-hydrogen) atoms. The Kier molecular flexibility index (Phi) is 26.3. The number of aliphatic hydroxyl groups excluding tert-OH is 1. The lowest BCUT2D eigenvalue weighted by Gasteiger charge is -2.24. The molecule has 2 atom stereocenters. The molecule has 0 fully saturated rings. The normalized spacial score (nSPS) is 11.7. The van der Waals surface area contributed by atoms with Crippen molar-refractivity contribution in [2.75, 3.05) is 13.1 Å². The van der Waals surface area contributed by atoms with Gasteiger partial charge >= 0.3 is 6.09 Å². The van der Waals surface area contributed by atoms with Crippen LogP contribution < -0.4 is 10.6 Å². The van der Waals surface area contributed by atoms with Crippen LogP contribution in [0.5, 0.6) is 0 Å². The zero-order chi connectivity index (χ0) is 23.3. The monoisotopic (exact) mass is 400 g/mol. The lowest BCUT2D eigenvalue weighted by Crippen LogP contribution is -2.47. The number of carbonyl (C=O) groups is 1. The van der Waals surface area contributed by atoms with Crippen molar-refractivity contribution >= 4 is 6.09 Å². The van der Waals surface area contributed by atoms with Crippen molar-refractivity contribution in [3.63, 3.8) is 0 Å². The number of rotatable bonds is 7. The minimum absolute atomic E-state index is 0.348. The van der Waals surface area contributed by atoms with Crippen LogP contribution in [0.25, 0.3) is 0 Å². The summed E-state index contributed by atoms with van der Waals surface area (Å²) < 4.78 is 5.12. The van der Waals surface area contributed by atoms with E-state index in [-0.39, 0.29) is 6.04 Å². The molecule has 0 radical (unpaired) electrons. The summed E-state index contributed by atoms with van der Waals surface area (Å²) >= 11 is 0. The average molecular weight is 401 g/mol. The minimum atomic E-state index is -0.628. The molecule has 0 bridgehead atoms. The van der Waals surface area contributed by atoms with E-state index in [0.29, 0.717) is 12.5 Å². The smallest absolute Gasteiger partial charge is 0.407 e. The molecule has 0 rings (SSSR count). The minimum Gasteiger partial charge on any atom is -0.444 e. The summed E-state index contributed by atoms with van der Waals surface area (Å²) in [6, 6.07) is -0.348. The highest BCUT2D eigenvalue weighted by molar-refractivity contribution is 5.68. The number of hydrogen-bond acceptors (Lipinski definition) is 4. The van der Waals surface area contributed by atoms with Gasteiger partial charge in [-0.1, -0.05) is 58.6 Å². The van der Waals surface area contributed by atoms with Crippen molar-refractivity contribution in [2.24, 2.45) is 5.92 Å². The standard InChI is InChI=1S/C13H28N2O3.C5H8.C3H6.C2H6/c1-9(2)7-14-8-11(16)10(3)15-12(17)18-13(4,5)6;1-4-5(2)3;1-3-2;1-2/h9-11,14,16H,7-8H2,1-6H3,(H,15,17);4H,1-2H2,3H3;3H,1H2,2H3;1-2H3/t10-,11+;;;/m0.../s1. The van der Waals surface area contributed by atoms with Crippen LogP contribution in [0.2, 0.25) is 0 Å². The summed E-state index contributed by atoms with van der Waals surface area (Å²) in [5.74, 6) is 0.534. The number of allylic oxidation sites excluding steroid dienone is 3. The second kappa shape index (κ2) is 21.7. The second-order valence-electron chi connectivity index (χ2n) is 7.51. The Morgan fingerprint density at radius 1 is 1.14 bits per heavy atom. The molecular formula is C23H48N2O3. The third-order valence-electron chi connectivity index (χ3n) is 2.58. The lowest BCUT2D eigenvalue weighted by atomic mass is 10.1. The van der Waals surface area contributed by atoms with Crippen LogP contribution in [0.1, 0.15) is 69.2 Å². The molecule has 0 aromatic heterocycles. The molecule has 3 N–H and O–H groups in total. The predicted octanol–water partition coefficient (Wildman–Crippen LogP) is 5.47. The van der Waals surface area contributed by atoms with Crippen molar-refractivity contribution in [1.82, 2.24) is 10.6 Å². The number of hydrogen-bond donors (Lipinski definition) is 3. The number of amides is 1. The van der Waals surface area contributed by atoms with Gasteiger partial charge in [-0.15, -0.1) is 6.58 Å². The van der Waals surface area contributed by atoms with E-state index in [1.807, 2.05) is 27.7 Å². The van der Waals surface area contributed by atoms with E-state index >= 15 is 0 Å². The first-order valence-electron chi connectivity index (χ1n) is 10.0. The molecule has 0 aromatic carbocycles. The molecule has 5 nitrogen and oxygen atoms in total. The van der Waals surface area contributed by atoms with Gasteiger partial charge < -0.3 is 20.5 Å². The fraction of sp³-hybridized carbons (Fsp3) is 0.696. The van der Waals surface area contributed by atoms with Crippen LogP contribution in [0.4, 0.5) is 4.79 Å². The molecule has 0 aromatic rings. The molecule has 168 valence electrons. The van der Waals surface area contributed by atoms with Gasteiger partial charge in [0, 0.05) is 6.54 Å². The Labute approximate surface area is 175 Å². The summed E-state index contributed by atoms with van der Waals surface area (Å²) in [5.41, 5.74) is 0.495. The highest BCUT2D eigenvalue weighted by Gasteiger charge is 2.21. The Morgan fingerprint density at radius 3 is 1.82 bits per heavy atom. The van der Waals surface area contributed by atoms with Gasteiger partial charge in [0.1, 0.15) is 5.60 Å². The summed E-state index contributed by atoms with van der Waals surface area (Å²) in [7, 11) is 0. The van der Waals surface area contributed by atoms with Crippen LogP contribution >= 0.6 is 0 Å². The van der Waals surface area contributed by atoms with E-state index in [1.54, 1.807) is 39.8 Å². The third kappa shape index (κ3) is 35.5. The van der Waals surface area contributed by atoms with Crippen LogP contribution in [-0.2, 0) is 4.74 Å². The Bertz CT molecular complexity index is 399. The Hall–Kier alpha value is -1.59. The maximum absolute atomic E-state index is 11.5. The molecule has 0 spiro atoms. The second-order valence-corrected chi connectivity index (χ2v) is 7.51.